The molecule has 0 heterocycles. The summed E-state index contributed by atoms with van der Waals surface area (Å²) in [5.74, 6) is -1.39. The van der Waals surface area contributed by atoms with Gasteiger partial charge in [-0.25, -0.2) is 0 Å². The van der Waals surface area contributed by atoms with Gasteiger partial charge in [-0.3, -0.25) is 19.2 Å². The highest BCUT2D eigenvalue weighted by Crippen LogP contribution is 2.70. The Kier molecular flexibility index (Phi) is 14.2. The Morgan fingerprint density at radius 1 is 0.893 bits per heavy atom. The minimum absolute atomic E-state index is 0.0220. The number of hydrogen-bond donors (Lipinski definition) is 0. The van der Waals surface area contributed by atoms with E-state index in [4.69, 9.17) is 23.7 Å². The van der Waals surface area contributed by atoms with Crippen molar-refractivity contribution in [2.75, 3.05) is 13.2 Å². The number of hydrogen-bond acceptors (Lipinski definition) is 9. The maximum absolute atomic E-state index is 14.4. The smallest absolute Gasteiger partial charge is 0.321 e. The molecule has 312 valence electrons. The van der Waals surface area contributed by atoms with Crippen LogP contribution in [-0.4, -0.2) is 55.9 Å². The first kappa shape index (κ1) is 43.9. The second-order valence-corrected chi connectivity index (χ2v) is 19.0. The number of ether oxygens (including phenoxy) is 5. The first-order valence-corrected chi connectivity index (χ1v) is 21.5. The Morgan fingerprint density at radius 2 is 1.52 bits per heavy atom. The lowest BCUT2D eigenvalue weighted by atomic mass is 9.40. The van der Waals surface area contributed by atoms with Gasteiger partial charge in [-0.15, -0.1) is 6.58 Å². The first-order chi connectivity index (χ1) is 26.6. The highest BCUT2D eigenvalue weighted by molar-refractivity contribution is 5.97. The number of unbranched alkanes of at least 4 members (excludes halogenated alkanes) is 2. The molecule has 0 amide bonds. The van der Waals surface area contributed by atoms with Crippen LogP contribution in [0.4, 0.5) is 0 Å². The SMILES string of the molecule is C=C[C@@H](C)[C@H]1CC[C@H]2[C@@H]3[C@H](OC=O)C[C@@H]4C[C@@](c5ccc(COC(C)(C)C)cc5)(C(C(=O)OCCCC)C(=O)OCCCC)CC[C@]4(C)[C@H]3C[C@H](OC=O)[C@]12C. The van der Waals surface area contributed by atoms with E-state index in [0.29, 0.717) is 58.1 Å². The second kappa shape index (κ2) is 18.2. The van der Waals surface area contributed by atoms with Crippen LogP contribution in [0.1, 0.15) is 137 Å². The van der Waals surface area contributed by atoms with Gasteiger partial charge in [0.15, 0.2) is 5.92 Å². The Morgan fingerprint density at radius 3 is 2.07 bits per heavy atom. The van der Waals surface area contributed by atoms with Gasteiger partial charge in [-0.1, -0.05) is 77.8 Å². The fourth-order valence-corrected chi connectivity index (χ4v) is 12.0. The molecule has 0 radical (unpaired) electrons. The number of allylic oxidation sites excluding steroid dienone is 1. The molecule has 0 aromatic heterocycles. The highest BCUT2D eigenvalue weighted by atomic mass is 16.6. The number of carbonyl (C=O) groups is 4. The molecule has 1 aromatic carbocycles. The second-order valence-electron chi connectivity index (χ2n) is 19.0. The van der Waals surface area contributed by atoms with Gasteiger partial charge in [0.05, 0.1) is 25.4 Å². The molecule has 4 aliphatic rings. The van der Waals surface area contributed by atoms with Gasteiger partial charge >= 0.3 is 11.9 Å². The summed E-state index contributed by atoms with van der Waals surface area (Å²) in [6.07, 6.45) is 9.51. The molecule has 9 heteroatoms. The van der Waals surface area contributed by atoms with Crippen LogP contribution in [0.25, 0.3) is 0 Å². The molecule has 1 aromatic rings. The molecule has 9 nitrogen and oxygen atoms in total. The van der Waals surface area contributed by atoms with E-state index in [1.54, 1.807) is 0 Å². The molecule has 11 atom stereocenters. The largest absolute Gasteiger partial charge is 0.465 e. The lowest BCUT2D eigenvalue weighted by Crippen LogP contribution is -2.64. The van der Waals surface area contributed by atoms with E-state index in [-0.39, 0.29) is 77.4 Å². The van der Waals surface area contributed by atoms with Crippen molar-refractivity contribution in [3.8, 4) is 0 Å². The fourth-order valence-electron chi connectivity index (χ4n) is 12.0. The summed E-state index contributed by atoms with van der Waals surface area (Å²) in [6.45, 7) is 23.2. The van der Waals surface area contributed by atoms with Crippen molar-refractivity contribution in [1.29, 1.82) is 0 Å². The Bertz CT molecular complexity index is 1490. The third-order valence-electron chi connectivity index (χ3n) is 15.1. The molecule has 5 rings (SSSR count). The summed E-state index contributed by atoms with van der Waals surface area (Å²) in [6, 6.07) is 8.19. The zero-order chi connectivity index (χ0) is 40.9. The minimum Gasteiger partial charge on any atom is -0.465 e. The summed E-state index contributed by atoms with van der Waals surface area (Å²) in [5.41, 5.74) is 0.119. The summed E-state index contributed by atoms with van der Waals surface area (Å²) in [5, 5.41) is 0. The van der Waals surface area contributed by atoms with E-state index in [9.17, 15) is 19.2 Å². The highest BCUT2D eigenvalue weighted by Gasteiger charge is 2.69. The van der Waals surface area contributed by atoms with Gasteiger partial charge in [0, 0.05) is 16.7 Å². The van der Waals surface area contributed by atoms with E-state index in [2.05, 4.69) is 39.5 Å². The van der Waals surface area contributed by atoms with Crippen LogP contribution in [0.5, 0.6) is 0 Å². The van der Waals surface area contributed by atoms with Crippen LogP contribution in [-0.2, 0) is 54.9 Å². The number of fused-ring (bicyclic) bond motifs is 5. The fraction of sp³-hybridized carbons (Fsp3) is 0.745. The van der Waals surface area contributed by atoms with E-state index in [1.165, 1.54) is 0 Å². The maximum atomic E-state index is 14.4. The van der Waals surface area contributed by atoms with Crippen molar-refractivity contribution in [3.05, 3.63) is 48.0 Å². The Balaban J connectivity index is 1.60. The van der Waals surface area contributed by atoms with E-state index < -0.39 is 23.3 Å². The maximum Gasteiger partial charge on any atom is 0.321 e. The van der Waals surface area contributed by atoms with Crippen LogP contribution >= 0.6 is 0 Å². The predicted octanol–water partition coefficient (Wildman–Crippen LogP) is 9.33. The van der Waals surface area contributed by atoms with Crippen molar-refractivity contribution in [2.24, 2.45) is 52.3 Å². The van der Waals surface area contributed by atoms with Crippen LogP contribution in [0, 0.1) is 52.3 Å². The zero-order valence-corrected chi connectivity index (χ0v) is 35.5. The van der Waals surface area contributed by atoms with Crippen LogP contribution < -0.4 is 0 Å². The summed E-state index contributed by atoms with van der Waals surface area (Å²) < 4.78 is 30.2. The lowest BCUT2D eigenvalue weighted by Gasteiger charge is -2.65. The summed E-state index contributed by atoms with van der Waals surface area (Å²) in [7, 11) is 0. The Labute approximate surface area is 336 Å². The third-order valence-corrected chi connectivity index (χ3v) is 15.1. The lowest BCUT2D eigenvalue weighted by molar-refractivity contribution is -0.218. The molecule has 0 aliphatic heterocycles. The molecule has 56 heavy (non-hydrogen) atoms. The summed E-state index contributed by atoms with van der Waals surface area (Å²) in [4.78, 5) is 53.3. The molecular weight excluding hydrogens is 709 g/mol. The van der Waals surface area contributed by atoms with Crippen LogP contribution in [0.3, 0.4) is 0 Å². The van der Waals surface area contributed by atoms with E-state index >= 15 is 0 Å². The van der Waals surface area contributed by atoms with Gasteiger partial charge < -0.3 is 23.7 Å². The van der Waals surface area contributed by atoms with E-state index in [1.807, 2.05) is 52.8 Å². The molecule has 0 unspecified atom stereocenters. The van der Waals surface area contributed by atoms with Crippen molar-refractivity contribution < 1.29 is 42.9 Å². The molecule has 4 aliphatic carbocycles. The molecular formula is C47H70O9. The topological polar surface area (TPSA) is 114 Å². The molecule has 0 bridgehead atoms. The summed E-state index contributed by atoms with van der Waals surface area (Å²) >= 11 is 0. The molecule has 0 spiro atoms. The zero-order valence-electron chi connectivity index (χ0n) is 35.5. The van der Waals surface area contributed by atoms with Gasteiger partial charge in [-0.05, 0) is 125 Å². The van der Waals surface area contributed by atoms with Crippen LogP contribution in [0.2, 0.25) is 0 Å². The predicted molar refractivity (Wildman–Crippen MR) is 215 cm³/mol. The van der Waals surface area contributed by atoms with Crippen molar-refractivity contribution in [3.63, 3.8) is 0 Å². The van der Waals surface area contributed by atoms with Gasteiger partial charge in [-0.2, -0.15) is 0 Å². The average Bonchev–Trinajstić information content (AvgIpc) is 3.52. The minimum atomic E-state index is -1.17. The number of esters is 2. The first-order valence-electron chi connectivity index (χ1n) is 21.5. The normalized spacial score (nSPS) is 34.3. The van der Waals surface area contributed by atoms with Crippen molar-refractivity contribution in [2.45, 2.75) is 156 Å². The number of benzene rings is 1. The monoisotopic (exact) mass is 779 g/mol. The van der Waals surface area contributed by atoms with Crippen LogP contribution in [0.15, 0.2) is 36.9 Å². The van der Waals surface area contributed by atoms with Gasteiger partial charge in [0.2, 0.25) is 0 Å². The average molecular weight is 779 g/mol. The molecule has 0 saturated heterocycles. The molecule has 4 fully saturated rings. The quantitative estimate of drug-likeness (QED) is 0.0359. The van der Waals surface area contributed by atoms with E-state index in [0.717, 1.165) is 43.2 Å². The van der Waals surface area contributed by atoms with Crippen molar-refractivity contribution in [1.82, 2.24) is 0 Å². The third kappa shape index (κ3) is 8.49. The number of carbonyl (C=O) groups excluding carboxylic acids is 4. The van der Waals surface area contributed by atoms with Gasteiger partial charge in [0.1, 0.15) is 12.2 Å². The Hall–Kier alpha value is -3.20. The van der Waals surface area contributed by atoms with Crippen molar-refractivity contribution >= 4 is 24.9 Å². The molecule has 4 saturated carbocycles. The molecule has 0 N–H and O–H groups in total. The number of rotatable bonds is 18. The van der Waals surface area contributed by atoms with Gasteiger partial charge in [0.25, 0.3) is 12.9 Å². The standard InChI is InChI=1S/C47H70O9/c1-10-13-23-52-42(50)41(43(51)53-24-14-11-2)47(33-17-15-32(16-18-33)28-56-44(5,6)7)22-21-45(8)34(27-47)25-38(54-29-48)40-36-20-19-35(31(4)12-3)46(36,9)39(55-30-49)26-37(40)45/h12,15-18,29-31,34-41H,3,10-11,13-14,19-28H2,1-2,4-9H3/t31-,34-,35-,36+,37+,38-,39+,40+,45+,46-,47+/m1/s1.